The second-order valence-corrected chi connectivity index (χ2v) is 7.65. The maximum absolute atomic E-state index is 12.4. The van der Waals surface area contributed by atoms with Crippen molar-refractivity contribution >= 4 is 29.3 Å². The summed E-state index contributed by atoms with van der Waals surface area (Å²) < 4.78 is 5.07. The number of nitrogens with one attached hydrogen (secondary N) is 2. The highest BCUT2D eigenvalue weighted by Crippen LogP contribution is 2.15. The fourth-order valence-corrected chi connectivity index (χ4v) is 3.51. The van der Waals surface area contributed by atoms with Crippen molar-refractivity contribution < 1.29 is 23.9 Å². The molecule has 0 aliphatic carbocycles. The predicted molar refractivity (Wildman–Crippen MR) is 119 cm³/mol. The van der Waals surface area contributed by atoms with E-state index >= 15 is 0 Å². The van der Waals surface area contributed by atoms with Gasteiger partial charge in [0.2, 0.25) is 5.91 Å². The molecule has 3 rings (SSSR count). The number of nitrogens with zero attached hydrogens (tertiary/aromatic N) is 2. The average molecular weight is 441 g/mol. The highest BCUT2D eigenvalue weighted by atomic mass is 16.5. The first-order valence-corrected chi connectivity index (χ1v) is 10.6. The number of benzene rings is 1. The van der Waals surface area contributed by atoms with Crippen LogP contribution in [0.15, 0.2) is 36.5 Å². The summed E-state index contributed by atoms with van der Waals surface area (Å²) in [6.07, 6.45) is 2.26. The number of amides is 2. The standard InChI is InChI=1S/C23H28N4O5/c1-3-17-6-4-5-7-19(17)25-21(29)14-26-8-10-27(11-9-26)22(30)15-32-23(31)20-12-18(13-24-20)16(2)28/h4-7,12-13,24H,3,8-11,14-15H2,1-2H3,(H,25,29). The van der Waals surface area contributed by atoms with Crippen molar-refractivity contribution in [2.45, 2.75) is 20.3 Å². The van der Waals surface area contributed by atoms with Crippen LogP contribution in [-0.2, 0) is 20.7 Å². The molecule has 0 radical (unpaired) electrons. The number of carbonyl (C=O) groups is 4. The third kappa shape index (κ3) is 6.04. The Hall–Kier alpha value is -3.46. The summed E-state index contributed by atoms with van der Waals surface area (Å²) in [7, 11) is 0. The quantitative estimate of drug-likeness (QED) is 0.478. The van der Waals surface area contributed by atoms with Crippen LogP contribution in [0.1, 0.15) is 40.3 Å². The van der Waals surface area contributed by atoms with E-state index in [0.717, 1.165) is 17.7 Å². The Morgan fingerprint density at radius 2 is 1.81 bits per heavy atom. The molecule has 1 saturated heterocycles. The van der Waals surface area contributed by atoms with E-state index in [1.807, 2.05) is 36.1 Å². The van der Waals surface area contributed by atoms with Crippen LogP contribution in [0.2, 0.25) is 0 Å². The fraction of sp³-hybridized carbons (Fsp3) is 0.391. The number of ketones is 1. The Labute approximate surface area is 186 Å². The van der Waals surface area contributed by atoms with Crippen molar-refractivity contribution in [2.24, 2.45) is 0 Å². The van der Waals surface area contributed by atoms with Gasteiger partial charge in [0.15, 0.2) is 12.4 Å². The monoisotopic (exact) mass is 440 g/mol. The Morgan fingerprint density at radius 1 is 1.09 bits per heavy atom. The summed E-state index contributed by atoms with van der Waals surface area (Å²) in [5.74, 6) is -1.24. The third-order valence-electron chi connectivity index (χ3n) is 5.40. The first-order chi connectivity index (χ1) is 15.4. The summed E-state index contributed by atoms with van der Waals surface area (Å²) in [5.41, 5.74) is 2.42. The van der Waals surface area contributed by atoms with Crippen LogP contribution < -0.4 is 5.32 Å². The van der Waals surface area contributed by atoms with Gasteiger partial charge in [-0.3, -0.25) is 19.3 Å². The van der Waals surface area contributed by atoms with E-state index in [9.17, 15) is 19.2 Å². The van der Waals surface area contributed by atoms with Crippen molar-refractivity contribution in [3.63, 3.8) is 0 Å². The highest BCUT2D eigenvalue weighted by molar-refractivity contribution is 5.97. The Bertz CT molecular complexity index is 992. The van der Waals surface area contributed by atoms with Crippen LogP contribution in [0.4, 0.5) is 5.69 Å². The molecular weight excluding hydrogens is 412 g/mol. The minimum absolute atomic E-state index is 0.0875. The van der Waals surface area contributed by atoms with Crippen molar-refractivity contribution in [3.8, 4) is 0 Å². The second-order valence-electron chi connectivity index (χ2n) is 7.65. The number of aryl methyl sites for hydroxylation is 1. The SMILES string of the molecule is CCc1ccccc1NC(=O)CN1CCN(C(=O)COC(=O)c2cc(C(C)=O)c[nH]2)CC1. The van der Waals surface area contributed by atoms with E-state index in [-0.39, 0.29) is 36.4 Å². The maximum Gasteiger partial charge on any atom is 0.355 e. The fourth-order valence-electron chi connectivity index (χ4n) is 3.51. The lowest BCUT2D eigenvalue weighted by atomic mass is 10.1. The number of hydrogen-bond acceptors (Lipinski definition) is 6. The number of hydrogen-bond donors (Lipinski definition) is 2. The number of aromatic amines is 1. The van der Waals surface area contributed by atoms with E-state index in [1.165, 1.54) is 19.2 Å². The molecule has 170 valence electrons. The first-order valence-electron chi connectivity index (χ1n) is 10.6. The smallest absolute Gasteiger partial charge is 0.355 e. The topological polar surface area (TPSA) is 112 Å². The molecule has 2 N–H and O–H groups in total. The average Bonchev–Trinajstić information content (AvgIpc) is 3.29. The molecule has 1 aliphatic rings. The number of carbonyl (C=O) groups excluding carboxylic acids is 4. The summed E-state index contributed by atoms with van der Waals surface area (Å²) in [4.78, 5) is 54.4. The van der Waals surface area contributed by atoms with Gasteiger partial charge in [0.1, 0.15) is 5.69 Å². The van der Waals surface area contributed by atoms with E-state index in [0.29, 0.717) is 31.7 Å². The largest absolute Gasteiger partial charge is 0.451 e. The van der Waals surface area contributed by atoms with Gasteiger partial charge in [-0.2, -0.15) is 0 Å². The van der Waals surface area contributed by atoms with Gasteiger partial charge in [0, 0.05) is 43.6 Å². The molecule has 1 aromatic heterocycles. The van der Waals surface area contributed by atoms with Gasteiger partial charge in [0.25, 0.3) is 5.91 Å². The number of rotatable bonds is 8. The third-order valence-corrected chi connectivity index (χ3v) is 5.40. The maximum atomic E-state index is 12.4. The molecule has 0 saturated carbocycles. The van der Waals surface area contributed by atoms with Gasteiger partial charge >= 0.3 is 5.97 Å². The van der Waals surface area contributed by atoms with E-state index in [1.54, 1.807) is 4.90 Å². The van der Waals surface area contributed by atoms with Crippen molar-refractivity contribution in [1.29, 1.82) is 0 Å². The number of aromatic nitrogens is 1. The molecule has 1 fully saturated rings. The predicted octanol–water partition coefficient (Wildman–Crippen LogP) is 1.72. The lowest BCUT2D eigenvalue weighted by Crippen LogP contribution is -2.51. The summed E-state index contributed by atoms with van der Waals surface area (Å²) in [6, 6.07) is 9.12. The molecule has 2 heterocycles. The molecule has 2 aromatic rings. The van der Waals surface area contributed by atoms with Crippen LogP contribution in [0, 0.1) is 0 Å². The number of anilines is 1. The van der Waals surface area contributed by atoms with Crippen LogP contribution in [0.3, 0.4) is 0 Å². The van der Waals surface area contributed by atoms with Gasteiger partial charge in [-0.15, -0.1) is 0 Å². The van der Waals surface area contributed by atoms with Gasteiger partial charge < -0.3 is 19.9 Å². The van der Waals surface area contributed by atoms with E-state index in [2.05, 4.69) is 10.3 Å². The molecule has 2 amide bonds. The minimum atomic E-state index is -0.687. The Morgan fingerprint density at radius 3 is 2.47 bits per heavy atom. The number of para-hydroxylation sites is 1. The van der Waals surface area contributed by atoms with Crippen LogP contribution in [0.25, 0.3) is 0 Å². The van der Waals surface area contributed by atoms with E-state index in [4.69, 9.17) is 4.74 Å². The van der Waals surface area contributed by atoms with E-state index < -0.39 is 5.97 Å². The molecule has 32 heavy (non-hydrogen) atoms. The van der Waals surface area contributed by atoms with Gasteiger partial charge in [-0.05, 0) is 31.0 Å². The molecule has 1 aromatic carbocycles. The highest BCUT2D eigenvalue weighted by Gasteiger charge is 2.24. The summed E-state index contributed by atoms with van der Waals surface area (Å²) >= 11 is 0. The molecule has 0 unspecified atom stereocenters. The number of Topliss-reactive ketones (excluding diaryl/α,β-unsaturated/α-hetero) is 1. The van der Waals surface area contributed by atoms with Crippen molar-refractivity contribution in [1.82, 2.24) is 14.8 Å². The molecule has 0 atom stereocenters. The number of esters is 1. The van der Waals surface area contributed by atoms with Crippen molar-refractivity contribution in [2.75, 3.05) is 44.6 Å². The Kier molecular flexibility index (Phi) is 7.77. The van der Waals surface area contributed by atoms with Crippen LogP contribution in [0.5, 0.6) is 0 Å². The number of piperazine rings is 1. The normalized spacial score (nSPS) is 14.1. The zero-order valence-electron chi connectivity index (χ0n) is 18.3. The summed E-state index contributed by atoms with van der Waals surface area (Å²) in [5, 5.41) is 2.96. The molecule has 9 heteroatoms. The zero-order chi connectivity index (χ0) is 23.1. The van der Waals surface area contributed by atoms with Crippen LogP contribution in [-0.4, -0.2) is 77.7 Å². The lowest BCUT2D eigenvalue weighted by Gasteiger charge is -2.34. The zero-order valence-corrected chi connectivity index (χ0v) is 18.3. The molecular formula is C23H28N4O5. The number of ether oxygens (including phenoxy) is 1. The molecule has 0 bridgehead atoms. The second kappa shape index (κ2) is 10.7. The lowest BCUT2D eigenvalue weighted by molar-refractivity contribution is -0.136. The van der Waals surface area contributed by atoms with Gasteiger partial charge in [0.05, 0.1) is 6.54 Å². The number of H-pyrrole nitrogens is 1. The summed E-state index contributed by atoms with van der Waals surface area (Å²) in [6.45, 7) is 5.33. The van der Waals surface area contributed by atoms with Gasteiger partial charge in [-0.1, -0.05) is 25.1 Å². The molecule has 0 spiro atoms. The first kappa shape index (κ1) is 23.2. The molecule has 9 nitrogen and oxygen atoms in total. The molecule has 1 aliphatic heterocycles. The van der Waals surface area contributed by atoms with Crippen LogP contribution >= 0.6 is 0 Å². The Balaban J connectivity index is 1.40. The minimum Gasteiger partial charge on any atom is -0.451 e. The van der Waals surface area contributed by atoms with Gasteiger partial charge in [-0.25, -0.2) is 4.79 Å². The van der Waals surface area contributed by atoms with Crippen molar-refractivity contribution in [3.05, 3.63) is 53.3 Å².